The monoisotopic (exact) mass is 347 g/mol. The summed E-state index contributed by atoms with van der Waals surface area (Å²) >= 11 is 0. The van der Waals surface area contributed by atoms with E-state index in [2.05, 4.69) is 32.4 Å². The van der Waals surface area contributed by atoms with Crippen LogP contribution in [0, 0.1) is 30.6 Å². The van der Waals surface area contributed by atoms with E-state index in [1.54, 1.807) is 18.2 Å². The van der Waals surface area contributed by atoms with E-state index in [0.29, 0.717) is 29.2 Å². The van der Waals surface area contributed by atoms with Gasteiger partial charge in [0, 0.05) is 23.7 Å². The first kappa shape index (κ1) is 17.7. The van der Waals surface area contributed by atoms with Gasteiger partial charge in [0.15, 0.2) is 0 Å². The fraction of sp³-hybridized carbons (Fsp3) is 0.350. The van der Waals surface area contributed by atoms with Crippen LogP contribution in [0.3, 0.4) is 0 Å². The van der Waals surface area contributed by atoms with Gasteiger partial charge in [0.25, 0.3) is 0 Å². The zero-order chi connectivity index (χ0) is 18.5. The average Bonchev–Trinajstić information content (AvgIpc) is 2.63. The number of nitrogens with zero attached hydrogens (tertiary/aromatic N) is 4. The van der Waals surface area contributed by atoms with Gasteiger partial charge in [-0.1, -0.05) is 5.92 Å². The Labute approximate surface area is 153 Å². The molecule has 0 radical (unpaired) electrons. The molecular weight excluding hydrogens is 326 g/mol. The molecule has 1 aromatic heterocycles. The molecule has 26 heavy (non-hydrogen) atoms. The molecule has 1 aliphatic heterocycles. The van der Waals surface area contributed by atoms with E-state index >= 15 is 0 Å². The van der Waals surface area contributed by atoms with Crippen LogP contribution in [0.2, 0.25) is 0 Å². The van der Waals surface area contributed by atoms with Gasteiger partial charge in [0.1, 0.15) is 11.6 Å². The lowest BCUT2D eigenvalue weighted by atomic mass is 10.0. The second-order valence-corrected chi connectivity index (χ2v) is 6.51. The third-order valence-corrected chi connectivity index (χ3v) is 4.56. The number of piperidine rings is 1. The first-order valence-corrected chi connectivity index (χ1v) is 8.61. The Balaban J connectivity index is 1.76. The Bertz CT molecular complexity index is 881. The van der Waals surface area contributed by atoms with E-state index in [1.807, 2.05) is 13.0 Å². The highest BCUT2D eigenvalue weighted by Gasteiger charge is 2.20. The highest BCUT2D eigenvalue weighted by atomic mass is 16.3. The van der Waals surface area contributed by atoms with Crippen LogP contribution < -0.4 is 5.32 Å². The van der Waals surface area contributed by atoms with E-state index in [-0.39, 0.29) is 11.8 Å². The van der Waals surface area contributed by atoms with Crippen LogP contribution in [0.15, 0.2) is 24.3 Å². The van der Waals surface area contributed by atoms with Crippen LogP contribution >= 0.6 is 0 Å². The smallest absolute Gasteiger partial charge is 0.149 e. The lowest BCUT2D eigenvalue weighted by molar-refractivity contribution is 0.239. The number of benzene rings is 1. The Hall–Kier alpha value is -3.09. The van der Waals surface area contributed by atoms with Crippen molar-refractivity contribution in [3.63, 3.8) is 0 Å². The van der Waals surface area contributed by atoms with Gasteiger partial charge in [0.05, 0.1) is 18.3 Å². The summed E-state index contributed by atoms with van der Waals surface area (Å²) in [7, 11) is 0. The topological polar surface area (TPSA) is 85.1 Å². The Morgan fingerprint density at radius 2 is 2.23 bits per heavy atom. The molecule has 0 saturated carbocycles. The van der Waals surface area contributed by atoms with Gasteiger partial charge in [-0.05, 0) is 56.1 Å². The molecular formula is C20H21N5O. The highest BCUT2D eigenvalue weighted by molar-refractivity contribution is 5.71. The van der Waals surface area contributed by atoms with Crippen LogP contribution in [0.25, 0.3) is 11.3 Å². The molecule has 2 N–H and O–H groups in total. The number of anilines is 1. The average molecular weight is 347 g/mol. The second-order valence-electron chi connectivity index (χ2n) is 6.51. The van der Waals surface area contributed by atoms with E-state index in [4.69, 9.17) is 11.7 Å². The fourth-order valence-corrected chi connectivity index (χ4v) is 3.27. The summed E-state index contributed by atoms with van der Waals surface area (Å²) in [4.78, 5) is 2.14. The zero-order valence-electron chi connectivity index (χ0n) is 14.7. The van der Waals surface area contributed by atoms with E-state index < -0.39 is 0 Å². The van der Waals surface area contributed by atoms with Gasteiger partial charge in [-0.3, -0.25) is 4.90 Å². The number of likely N-dealkylation sites (tertiary alicyclic amines) is 1. The van der Waals surface area contributed by atoms with Crippen molar-refractivity contribution in [2.75, 3.05) is 25.0 Å². The van der Waals surface area contributed by atoms with E-state index in [9.17, 15) is 5.11 Å². The number of phenolic OH excluding ortho intramolecular Hbond substituents is 1. The van der Waals surface area contributed by atoms with Gasteiger partial charge in [-0.15, -0.1) is 16.6 Å². The summed E-state index contributed by atoms with van der Waals surface area (Å²) in [6, 6.07) is 9.47. The first-order chi connectivity index (χ1) is 12.6. The van der Waals surface area contributed by atoms with Crippen molar-refractivity contribution in [1.29, 1.82) is 5.26 Å². The largest absolute Gasteiger partial charge is 0.507 e. The number of nitrogens with one attached hydrogen (secondary N) is 1. The third-order valence-electron chi connectivity index (χ3n) is 4.56. The van der Waals surface area contributed by atoms with Crippen LogP contribution in [0.5, 0.6) is 5.75 Å². The van der Waals surface area contributed by atoms with Crippen molar-refractivity contribution in [3.8, 4) is 35.4 Å². The highest BCUT2D eigenvalue weighted by Crippen LogP contribution is 2.31. The van der Waals surface area contributed by atoms with Crippen molar-refractivity contribution < 1.29 is 5.11 Å². The summed E-state index contributed by atoms with van der Waals surface area (Å²) in [6.45, 7) is 4.17. The summed E-state index contributed by atoms with van der Waals surface area (Å²) in [5.74, 6) is 3.30. The molecule has 1 saturated heterocycles. The number of nitriles is 1. The molecule has 0 amide bonds. The maximum atomic E-state index is 10.2. The normalized spacial score (nSPS) is 17.3. The number of terminal acetylenes is 1. The van der Waals surface area contributed by atoms with Gasteiger partial charge in [-0.25, -0.2) is 0 Å². The molecule has 1 fully saturated rings. The number of aromatic nitrogens is 2. The quantitative estimate of drug-likeness (QED) is 0.653. The van der Waals surface area contributed by atoms with E-state index in [1.165, 1.54) is 0 Å². The number of aromatic hydroxyl groups is 1. The van der Waals surface area contributed by atoms with Crippen molar-refractivity contribution in [2.45, 2.75) is 25.8 Å². The molecule has 1 unspecified atom stereocenters. The third kappa shape index (κ3) is 3.93. The molecule has 132 valence electrons. The van der Waals surface area contributed by atoms with Crippen molar-refractivity contribution in [3.05, 3.63) is 35.4 Å². The lowest BCUT2D eigenvalue weighted by Gasteiger charge is -2.31. The Kier molecular flexibility index (Phi) is 5.36. The number of rotatable bonds is 4. The summed E-state index contributed by atoms with van der Waals surface area (Å²) in [6.07, 6.45) is 7.45. The van der Waals surface area contributed by atoms with Gasteiger partial charge in [0.2, 0.25) is 0 Å². The molecule has 2 heterocycles. The van der Waals surface area contributed by atoms with Gasteiger partial charge >= 0.3 is 0 Å². The van der Waals surface area contributed by atoms with Crippen LogP contribution in [-0.4, -0.2) is 45.9 Å². The molecule has 0 spiro atoms. The maximum Gasteiger partial charge on any atom is 0.149 e. The van der Waals surface area contributed by atoms with Crippen molar-refractivity contribution in [2.24, 2.45) is 0 Å². The predicted molar refractivity (Wildman–Crippen MR) is 101 cm³/mol. The minimum absolute atomic E-state index is 0.0954. The molecule has 3 rings (SSSR count). The standard InChI is InChI=1S/C20H21N5O/c1-3-15-6-7-17(18(26)12-15)20-14(2)11-19(23-24-20)22-16-5-4-9-25(13-16)10-8-21/h1,6-7,11-12,16,26H,4-5,9-10,13H2,2H3,(H,22,23). The summed E-state index contributed by atoms with van der Waals surface area (Å²) in [5, 5.41) is 31.0. The molecule has 1 aromatic carbocycles. The van der Waals surface area contributed by atoms with Crippen molar-refractivity contribution in [1.82, 2.24) is 15.1 Å². The summed E-state index contributed by atoms with van der Waals surface area (Å²) in [5.41, 5.74) is 2.77. The fourth-order valence-electron chi connectivity index (χ4n) is 3.27. The minimum Gasteiger partial charge on any atom is -0.507 e. The van der Waals surface area contributed by atoms with Crippen molar-refractivity contribution >= 4 is 5.82 Å². The Morgan fingerprint density at radius 1 is 1.38 bits per heavy atom. The molecule has 6 heteroatoms. The molecule has 0 aliphatic carbocycles. The number of phenols is 1. The van der Waals surface area contributed by atoms with Crippen LogP contribution in [-0.2, 0) is 0 Å². The summed E-state index contributed by atoms with van der Waals surface area (Å²) < 4.78 is 0. The lowest BCUT2D eigenvalue weighted by Crippen LogP contribution is -2.42. The van der Waals surface area contributed by atoms with Gasteiger partial charge < -0.3 is 10.4 Å². The molecule has 2 aromatic rings. The minimum atomic E-state index is 0.0954. The number of hydrogen-bond donors (Lipinski definition) is 2. The first-order valence-electron chi connectivity index (χ1n) is 8.61. The SMILES string of the molecule is C#Cc1ccc(-c2nnc(NC3CCCN(CC#N)C3)cc2C)c(O)c1. The number of aryl methyl sites for hydroxylation is 1. The van der Waals surface area contributed by atoms with E-state index in [0.717, 1.165) is 31.5 Å². The molecule has 1 atom stereocenters. The predicted octanol–water partition coefficient (Wildman–Crippen LogP) is 2.54. The second kappa shape index (κ2) is 7.86. The van der Waals surface area contributed by atoms with Gasteiger partial charge in [-0.2, -0.15) is 5.26 Å². The van der Waals surface area contributed by atoms with Crippen LogP contribution in [0.1, 0.15) is 24.0 Å². The molecule has 1 aliphatic rings. The zero-order valence-corrected chi connectivity index (χ0v) is 14.7. The van der Waals surface area contributed by atoms with Crippen LogP contribution in [0.4, 0.5) is 5.82 Å². The number of hydrogen-bond acceptors (Lipinski definition) is 6. The maximum absolute atomic E-state index is 10.2. The Morgan fingerprint density at radius 3 is 2.92 bits per heavy atom. The molecule has 0 bridgehead atoms. The molecule has 6 nitrogen and oxygen atoms in total.